The van der Waals surface area contributed by atoms with Crippen LogP contribution in [0.15, 0.2) is 53.5 Å². The van der Waals surface area contributed by atoms with Crippen LogP contribution in [0, 0.1) is 5.92 Å². The number of aliphatic imine (C=N–C) groups is 1. The van der Waals surface area contributed by atoms with Crippen molar-refractivity contribution in [1.29, 1.82) is 0 Å². The Balaban J connectivity index is 0.00000385. The maximum atomic E-state index is 12.4. The molecule has 180 valence electrons. The predicted molar refractivity (Wildman–Crippen MR) is 143 cm³/mol. The van der Waals surface area contributed by atoms with Crippen molar-refractivity contribution >= 4 is 35.8 Å². The summed E-state index contributed by atoms with van der Waals surface area (Å²) in [5, 5.41) is 16.8. The molecular formula is C25H35IN4O3. The maximum absolute atomic E-state index is 12.4. The van der Waals surface area contributed by atoms with E-state index in [1.807, 2.05) is 42.2 Å². The van der Waals surface area contributed by atoms with Crippen LogP contribution in [0.3, 0.4) is 0 Å². The molecular weight excluding hydrogens is 531 g/mol. The van der Waals surface area contributed by atoms with Crippen molar-refractivity contribution in [3.05, 3.63) is 59.7 Å². The number of ether oxygens (including phenoxy) is 1. The van der Waals surface area contributed by atoms with Crippen LogP contribution in [0.1, 0.15) is 24.5 Å². The summed E-state index contributed by atoms with van der Waals surface area (Å²) in [6, 6.07) is 15.8. The van der Waals surface area contributed by atoms with E-state index in [1.54, 1.807) is 13.2 Å². The number of benzene rings is 2. The number of phenolic OH excluding ortho intramolecular Hbond substituents is 1. The van der Waals surface area contributed by atoms with Gasteiger partial charge in [0.2, 0.25) is 5.91 Å². The van der Waals surface area contributed by atoms with Crippen LogP contribution in [0.2, 0.25) is 0 Å². The molecule has 1 aliphatic rings. The molecule has 0 radical (unpaired) electrons. The number of methoxy groups -OCH3 is 1. The van der Waals surface area contributed by atoms with Gasteiger partial charge in [0.25, 0.3) is 0 Å². The molecule has 0 aliphatic carbocycles. The van der Waals surface area contributed by atoms with E-state index in [2.05, 4.69) is 22.8 Å². The minimum absolute atomic E-state index is 0. The summed E-state index contributed by atoms with van der Waals surface area (Å²) in [4.78, 5) is 19.1. The fourth-order valence-electron chi connectivity index (χ4n) is 3.91. The number of hydrogen-bond acceptors (Lipinski definition) is 4. The summed E-state index contributed by atoms with van der Waals surface area (Å²) >= 11 is 0. The molecule has 1 aliphatic heterocycles. The zero-order chi connectivity index (χ0) is 22.8. The van der Waals surface area contributed by atoms with Crippen molar-refractivity contribution in [1.82, 2.24) is 15.5 Å². The number of para-hydroxylation sites is 1. The van der Waals surface area contributed by atoms with E-state index in [9.17, 15) is 9.90 Å². The Morgan fingerprint density at radius 2 is 1.94 bits per heavy atom. The SMILES string of the molecule is CCNC(=NCC1CC(=O)N(CCc2ccccc2)C1)NCCc1cccc(OC)c1O.I. The number of carbonyl (C=O) groups excluding carboxylic acids is 1. The number of rotatable bonds is 10. The maximum Gasteiger partial charge on any atom is 0.223 e. The summed E-state index contributed by atoms with van der Waals surface area (Å²) in [7, 11) is 1.55. The number of guanidine groups is 1. The highest BCUT2D eigenvalue weighted by molar-refractivity contribution is 14.0. The molecule has 3 N–H and O–H groups in total. The summed E-state index contributed by atoms with van der Waals surface area (Å²) in [5.74, 6) is 1.83. The van der Waals surface area contributed by atoms with Crippen LogP contribution in [-0.2, 0) is 17.6 Å². The Bertz CT molecular complexity index is 908. The van der Waals surface area contributed by atoms with Crippen molar-refractivity contribution in [2.45, 2.75) is 26.2 Å². The number of carbonyl (C=O) groups is 1. The van der Waals surface area contributed by atoms with Crippen LogP contribution >= 0.6 is 24.0 Å². The first-order chi connectivity index (χ1) is 15.6. The van der Waals surface area contributed by atoms with Gasteiger partial charge in [0, 0.05) is 45.1 Å². The van der Waals surface area contributed by atoms with Crippen molar-refractivity contribution in [2.24, 2.45) is 10.9 Å². The molecule has 1 fully saturated rings. The second kappa shape index (κ2) is 13.9. The van der Waals surface area contributed by atoms with Gasteiger partial charge in [-0.15, -0.1) is 24.0 Å². The first-order valence-corrected chi connectivity index (χ1v) is 11.3. The van der Waals surface area contributed by atoms with E-state index in [1.165, 1.54) is 5.56 Å². The lowest BCUT2D eigenvalue weighted by atomic mass is 10.1. The standard InChI is InChI=1S/C25H34N4O3.HI/c1-3-26-25(27-14-12-21-10-7-11-22(32-2)24(21)31)28-17-20-16-23(30)29(18-20)15-13-19-8-5-4-6-9-19;/h4-11,20,31H,3,12-18H2,1-2H3,(H2,26,27,28);1H. The van der Waals surface area contributed by atoms with Gasteiger partial charge >= 0.3 is 0 Å². The van der Waals surface area contributed by atoms with Crippen molar-refractivity contribution in [3.8, 4) is 11.5 Å². The largest absolute Gasteiger partial charge is 0.504 e. The summed E-state index contributed by atoms with van der Waals surface area (Å²) in [6.07, 6.45) is 2.07. The monoisotopic (exact) mass is 566 g/mol. The predicted octanol–water partition coefficient (Wildman–Crippen LogP) is 3.21. The third kappa shape index (κ3) is 8.10. The zero-order valence-corrected chi connectivity index (χ0v) is 21.7. The van der Waals surface area contributed by atoms with Crippen LogP contribution in [0.25, 0.3) is 0 Å². The van der Waals surface area contributed by atoms with E-state index < -0.39 is 0 Å². The second-order valence-electron chi connectivity index (χ2n) is 8.01. The highest BCUT2D eigenvalue weighted by Crippen LogP contribution is 2.29. The highest BCUT2D eigenvalue weighted by Gasteiger charge is 2.29. The minimum atomic E-state index is 0. The lowest BCUT2D eigenvalue weighted by Crippen LogP contribution is -2.38. The fourth-order valence-corrected chi connectivity index (χ4v) is 3.91. The molecule has 0 spiro atoms. The number of hydrogen-bond donors (Lipinski definition) is 3. The van der Waals surface area contributed by atoms with Crippen LogP contribution < -0.4 is 15.4 Å². The van der Waals surface area contributed by atoms with Gasteiger partial charge in [-0.3, -0.25) is 9.79 Å². The third-order valence-corrected chi connectivity index (χ3v) is 5.65. The molecule has 1 atom stereocenters. The van der Waals surface area contributed by atoms with E-state index in [0.29, 0.717) is 31.7 Å². The van der Waals surface area contributed by atoms with Crippen molar-refractivity contribution in [3.63, 3.8) is 0 Å². The highest BCUT2D eigenvalue weighted by atomic mass is 127. The Labute approximate surface area is 213 Å². The molecule has 0 aromatic heterocycles. The molecule has 33 heavy (non-hydrogen) atoms. The molecule has 1 unspecified atom stereocenters. The van der Waals surface area contributed by atoms with Crippen molar-refractivity contribution < 1.29 is 14.6 Å². The Morgan fingerprint density at radius 1 is 1.15 bits per heavy atom. The van der Waals surface area contributed by atoms with Gasteiger partial charge in [0.15, 0.2) is 17.5 Å². The van der Waals surface area contributed by atoms with Crippen molar-refractivity contribution in [2.75, 3.05) is 39.8 Å². The molecule has 1 amide bonds. The Hall–Kier alpha value is -2.49. The van der Waals surface area contributed by atoms with Gasteiger partial charge in [-0.25, -0.2) is 0 Å². The van der Waals surface area contributed by atoms with Gasteiger partial charge in [-0.05, 0) is 37.0 Å². The van der Waals surface area contributed by atoms with E-state index in [0.717, 1.165) is 37.6 Å². The third-order valence-electron chi connectivity index (χ3n) is 5.65. The number of nitrogens with zero attached hydrogens (tertiary/aromatic N) is 2. The van der Waals surface area contributed by atoms with Gasteiger partial charge in [0.1, 0.15) is 0 Å². The first kappa shape index (κ1) is 26.8. The normalized spacial score (nSPS) is 15.8. The molecule has 1 saturated heterocycles. The molecule has 0 saturated carbocycles. The molecule has 0 bridgehead atoms. The molecule has 8 heteroatoms. The quantitative estimate of drug-likeness (QED) is 0.234. The smallest absolute Gasteiger partial charge is 0.223 e. The molecule has 7 nitrogen and oxygen atoms in total. The Morgan fingerprint density at radius 3 is 2.67 bits per heavy atom. The molecule has 2 aromatic carbocycles. The number of nitrogens with one attached hydrogen (secondary N) is 2. The second-order valence-corrected chi connectivity index (χ2v) is 8.01. The average molecular weight is 566 g/mol. The van der Waals surface area contributed by atoms with E-state index in [-0.39, 0.29) is 41.6 Å². The van der Waals surface area contributed by atoms with Crippen LogP contribution in [0.4, 0.5) is 0 Å². The summed E-state index contributed by atoms with van der Waals surface area (Å²) in [5.41, 5.74) is 2.07. The number of likely N-dealkylation sites (tertiary alicyclic amines) is 1. The molecule has 2 aromatic rings. The minimum Gasteiger partial charge on any atom is -0.504 e. The van der Waals surface area contributed by atoms with Gasteiger partial charge in [-0.2, -0.15) is 0 Å². The van der Waals surface area contributed by atoms with E-state index in [4.69, 9.17) is 9.73 Å². The van der Waals surface area contributed by atoms with Crippen LogP contribution in [0.5, 0.6) is 11.5 Å². The van der Waals surface area contributed by atoms with Gasteiger partial charge in [-0.1, -0.05) is 42.5 Å². The summed E-state index contributed by atoms with van der Waals surface area (Å²) < 4.78 is 5.17. The summed E-state index contributed by atoms with van der Waals surface area (Å²) in [6.45, 7) is 5.52. The molecule has 1 heterocycles. The molecule has 3 rings (SSSR count). The number of amides is 1. The van der Waals surface area contributed by atoms with Crippen LogP contribution in [-0.4, -0.2) is 61.7 Å². The van der Waals surface area contributed by atoms with Gasteiger partial charge < -0.3 is 25.4 Å². The topological polar surface area (TPSA) is 86.2 Å². The zero-order valence-electron chi connectivity index (χ0n) is 19.4. The number of phenols is 1. The Kier molecular flexibility index (Phi) is 11.3. The average Bonchev–Trinajstić information content (AvgIpc) is 3.17. The first-order valence-electron chi connectivity index (χ1n) is 11.3. The lowest BCUT2D eigenvalue weighted by molar-refractivity contribution is -0.127. The number of aromatic hydroxyl groups is 1. The fraction of sp³-hybridized carbons (Fsp3) is 0.440. The van der Waals surface area contributed by atoms with Gasteiger partial charge in [0.05, 0.1) is 7.11 Å². The lowest BCUT2D eigenvalue weighted by Gasteiger charge is -2.16. The van der Waals surface area contributed by atoms with E-state index >= 15 is 0 Å². The number of halogens is 1.